The first-order valence-electron chi connectivity index (χ1n) is 8.46. The van der Waals surface area contributed by atoms with Gasteiger partial charge in [-0.1, -0.05) is 42.5 Å². The SMILES string of the molecule is COc1c(C)cccc1OCc1cc(=O)n2[nH]c(-c3ccccc3)nc2n1. The van der Waals surface area contributed by atoms with Gasteiger partial charge in [-0.3, -0.25) is 9.89 Å². The predicted octanol–water partition coefficient (Wildman–Crippen LogP) is 2.98. The smallest absolute Gasteiger partial charge is 0.274 e. The van der Waals surface area contributed by atoms with Gasteiger partial charge < -0.3 is 9.47 Å². The molecule has 0 aliphatic rings. The molecule has 0 unspecified atom stereocenters. The Labute approximate surface area is 155 Å². The molecule has 7 heteroatoms. The van der Waals surface area contributed by atoms with Crippen molar-refractivity contribution in [1.82, 2.24) is 19.6 Å². The van der Waals surface area contributed by atoms with Crippen LogP contribution >= 0.6 is 0 Å². The maximum absolute atomic E-state index is 12.4. The number of fused-ring (bicyclic) bond motifs is 1. The van der Waals surface area contributed by atoms with Crippen LogP contribution in [0.4, 0.5) is 0 Å². The zero-order valence-corrected chi connectivity index (χ0v) is 15.0. The van der Waals surface area contributed by atoms with Crippen molar-refractivity contribution in [1.29, 1.82) is 0 Å². The summed E-state index contributed by atoms with van der Waals surface area (Å²) in [6, 6.07) is 16.6. The van der Waals surface area contributed by atoms with Crippen molar-refractivity contribution in [2.45, 2.75) is 13.5 Å². The van der Waals surface area contributed by atoms with Crippen LogP contribution in [0.25, 0.3) is 17.2 Å². The normalized spacial score (nSPS) is 10.9. The third-order valence-electron chi connectivity index (χ3n) is 4.19. The van der Waals surface area contributed by atoms with Crippen molar-refractivity contribution in [2.24, 2.45) is 0 Å². The summed E-state index contributed by atoms with van der Waals surface area (Å²) in [4.78, 5) is 21.3. The number of rotatable bonds is 5. The van der Waals surface area contributed by atoms with Gasteiger partial charge in [0, 0.05) is 11.6 Å². The number of hydrogen-bond acceptors (Lipinski definition) is 5. The summed E-state index contributed by atoms with van der Waals surface area (Å²) in [6.07, 6.45) is 0. The summed E-state index contributed by atoms with van der Waals surface area (Å²) in [5.74, 6) is 2.16. The van der Waals surface area contributed by atoms with Crippen molar-refractivity contribution >= 4 is 5.78 Å². The average Bonchev–Trinajstić information content (AvgIpc) is 3.12. The van der Waals surface area contributed by atoms with Gasteiger partial charge in [0.1, 0.15) is 6.61 Å². The summed E-state index contributed by atoms with van der Waals surface area (Å²) in [6.45, 7) is 2.08. The van der Waals surface area contributed by atoms with E-state index in [9.17, 15) is 4.79 Å². The molecule has 2 aromatic heterocycles. The molecule has 0 saturated heterocycles. The van der Waals surface area contributed by atoms with Crippen molar-refractivity contribution in [2.75, 3.05) is 7.11 Å². The average molecular weight is 362 g/mol. The molecule has 27 heavy (non-hydrogen) atoms. The number of methoxy groups -OCH3 is 1. The largest absolute Gasteiger partial charge is 0.493 e. The number of aromatic nitrogens is 4. The van der Waals surface area contributed by atoms with Crippen molar-refractivity contribution in [3.05, 3.63) is 76.2 Å². The molecule has 0 aliphatic carbocycles. The maximum atomic E-state index is 12.4. The lowest BCUT2D eigenvalue weighted by molar-refractivity contribution is 0.280. The number of aromatic amines is 1. The van der Waals surface area contributed by atoms with Gasteiger partial charge in [-0.2, -0.15) is 9.50 Å². The first kappa shape index (κ1) is 16.8. The van der Waals surface area contributed by atoms with E-state index in [-0.39, 0.29) is 12.2 Å². The van der Waals surface area contributed by atoms with Crippen LogP contribution in [0.15, 0.2) is 59.4 Å². The zero-order chi connectivity index (χ0) is 18.8. The van der Waals surface area contributed by atoms with Crippen LogP contribution in [0.5, 0.6) is 11.5 Å². The lowest BCUT2D eigenvalue weighted by Crippen LogP contribution is -2.16. The number of benzene rings is 2. The monoisotopic (exact) mass is 362 g/mol. The maximum Gasteiger partial charge on any atom is 0.274 e. The fourth-order valence-electron chi connectivity index (χ4n) is 2.88. The molecule has 136 valence electrons. The van der Waals surface area contributed by atoms with Gasteiger partial charge in [0.15, 0.2) is 17.3 Å². The third kappa shape index (κ3) is 3.27. The van der Waals surface area contributed by atoms with Gasteiger partial charge in [0.05, 0.1) is 12.8 Å². The van der Waals surface area contributed by atoms with E-state index in [0.29, 0.717) is 28.8 Å². The number of aryl methyl sites for hydroxylation is 1. The Morgan fingerprint density at radius 3 is 2.67 bits per heavy atom. The Morgan fingerprint density at radius 2 is 1.89 bits per heavy atom. The second-order valence-corrected chi connectivity index (χ2v) is 6.05. The van der Waals surface area contributed by atoms with E-state index in [1.54, 1.807) is 7.11 Å². The quantitative estimate of drug-likeness (QED) is 0.590. The summed E-state index contributed by atoms with van der Waals surface area (Å²) in [5, 5.41) is 2.98. The standard InChI is InChI=1S/C20H18N4O3/c1-13-7-6-10-16(18(13)26-2)27-12-15-11-17(25)24-20(21-15)22-19(23-24)14-8-4-3-5-9-14/h3-11H,12H2,1-2H3,(H,21,22,23). The van der Waals surface area contributed by atoms with Crippen LogP contribution in [-0.2, 0) is 6.61 Å². The van der Waals surface area contributed by atoms with E-state index >= 15 is 0 Å². The van der Waals surface area contributed by atoms with Crippen molar-refractivity contribution in [3.8, 4) is 22.9 Å². The molecule has 4 aromatic rings. The van der Waals surface area contributed by atoms with E-state index in [0.717, 1.165) is 11.1 Å². The molecule has 0 radical (unpaired) electrons. The Bertz CT molecular complexity index is 1150. The third-order valence-corrected chi connectivity index (χ3v) is 4.19. The van der Waals surface area contributed by atoms with Crippen molar-refractivity contribution < 1.29 is 9.47 Å². The van der Waals surface area contributed by atoms with Crippen LogP contribution in [0.3, 0.4) is 0 Å². The molecule has 0 amide bonds. The highest BCUT2D eigenvalue weighted by Gasteiger charge is 2.11. The lowest BCUT2D eigenvalue weighted by Gasteiger charge is -2.12. The van der Waals surface area contributed by atoms with Gasteiger partial charge in [0.25, 0.3) is 11.3 Å². The van der Waals surface area contributed by atoms with E-state index in [4.69, 9.17) is 9.47 Å². The zero-order valence-electron chi connectivity index (χ0n) is 15.0. The highest BCUT2D eigenvalue weighted by atomic mass is 16.5. The second-order valence-electron chi connectivity index (χ2n) is 6.05. The first-order valence-corrected chi connectivity index (χ1v) is 8.46. The lowest BCUT2D eigenvalue weighted by atomic mass is 10.2. The van der Waals surface area contributed by atoms with Gasteiger partial charge >= 0.3 is 0 Å². The van der Waals surface area contributed by atoms with Crippen LogP contribution in [0, 0.1) is 6.92 Å². The minimum Gasteiger partial charge on any atom is -0.493 e. The Hall–Kier alpha value is -3.61. The Balaban J connectivity index is 1.64. The molecule has 0 atom stereocenters. The van der Waals surface area contributed by atoms with Crippen LogP contribution in [0.1, 0.15) is 11.3 Å². The van der Waals surface area contributed by atoms with E-state index in [2.05, 4.69) is 15.1 Å². The molecule has 0 spiro atoms. The number of nitrogens with one attached hydrogen (secondary N) is 1. The van der Waals surface area contributed by atoms with Gasteiger partial charge in [0.2, 0.25) is 0 Å². The van der Waals surface area contributed by atoms with Gasteiger partial charge in [-0.05, 0) is 18.6 Å². The van der Waals surface area contributed by atoms with E-state index in [1.165, 1.54) is 10.6 Å². The highest BCUT2D eigenvalue weighted by Crippen LogP contribution is 2.30. The molecule has 0 aliphatic heterocycles. The molecule has 2 heterocycles. The molecule has 0 saturated carbocycles. The van der Waals surface area contributed by atoms with Gasteiger partial charge in [-0.25, -0.2) is 4.98 Å². The topological polar surface area (TPSA) is 81.5 Å². The van der Waals surface area contributed by atoms with E-state index < -0.39 is 0 Å². The van der Waals surface area contributed by atoms with Crippen molar-refractivity contribution in [3.63, 3.8) is 0 Å². The minimum atomic E-state index is -0.246. The second kappa shape index (κ2) is 6.95. The summed E-state index contributed by atoms with van der Waals surface area (Å²) < 4.78 is 12.5. The number of H-pyrrole nitrogens is 1. The molecular formula is C20H18N4O3. The summed E-state index contributed by atoms with van der Waals surface area (Å²) in [7, 11) is 1.60. The van der Waals surface area contributed by atoms with Gasteiger partial charge in [-0.15, -0.1) is 0 Å². The van der Waals surface area contributed by atoms with Crippen LogP contribution in [-0.4, -0.2) is 26.7 Å². The molecule has 0 bridgehead atoms. The highest BCUT2D eigenvalue weighted by molar-refractivity contribution is 5.56. The molecule has 0 fully saturated rings. The Kier molecular flexibility index (Phi) is 4.33. The molecule has 2 aromatic carbocycles. The van der Waals surface area contributed by atoms with Crippen LogP contribution < -0.4 is 15.0 Å². The van der Waals surface area contributed by atoms with Crippen LogP contribution in [0.2, 0.25) is 0 Å². The van der Waals surface area contributed by atoms with E-state index in [1.807, 2.05) is 55.5 Å². The molecule has 4 rings (SSSR count). The molecule has 1 N–H and O–H groups in total. The molecule has 7 nitrogen and oxygen atoms in total. The Morgan fingerprint density at radius 1 is 1.07 bits per heavy atom. The number of ether oxygens (including phenoxy) is 2. The first-order chi connectivity index (χ1) is 13.2. The minimum absolute atomic E-state index is 0.138. The number of hydrogen-bond donors (Lipinski definition) is 1. The predicted molar refractivity (Wildman–Crippen MR) is 101 cm³/mol. The number of nitrogens with zero attached hydrogens (tertiary/aromatic N) is 3. The summed E-state index contributed by atoms with van der Waals surface area (Å²) in [5.41, 5.74) is 2.10. The fourth-order valence-corrected chi connectivity index (χ4v) is 2.88. The molecular weight excluding hydrogens is 344 g/mol. The summed E-state index contributed by atoms with van der Waals surface area (Å²) >= 11 is 0. The number of para-hydroxylation sites is 1. The fraction of sp³-hybridized carbons (Fsp3) is 0.150.